The van der Waals surface area contributed by atoms with E-state index in [2.05, 4.69) is 20.8 Å². The minimum Gasteiger partial charge on any atom is -0.349 e. The predicted molar refractivity (Wildman–Crippen MR) is 95.6 cm³/mol. The van der Waals surface area contributed by atoms with Crippen molar-refractivity contribution in [1.29, 1.82) is 0 Å². The van der Waals surface area contributed by atoms with Crippen LogP contribution in [-0.2, 0) is 5.75 Å². The molecule has 0 radical (unpaired) electrons. The summed E-state index contributed by atoms with van der Waals surface area (Å²) in [7, 11) is 0. The molecule has 6 nitrogen and oxygen atoms in total. The first-order valence-electron chi connectivity index (χ1n) is 7.75. The molecule has 0 aliphatic carbocycles. The Kier molecular flexibility index (Phi) is 7.08. The topological polar surface area (TPSA) is 80.0 Å². The number of nitrogens with zero attached hydrogens (tertiary/aromatic N) is 2. The van der Waals surface area contributed by atoms with Gasteiger partial charge in [0.2, 0.25) is 5.89 Å². The number of rotatable bonds is 5. The lowest BCUT2D eigenvalue weighted by Crippen LogP contribution is -2.42. The average molecular weight is 369 g/mol. The number of hydrogen-bond donors (Lipinski definition) is 2. The van der Waals surface area contributed by atoms with Gasteiger partial charge in [0.15, 0.2) is 5.82 Å². The highest BCUT2D eigenvalue weighted by Crippen LogP contribution is 2.26. The van der Waals surface area contributed by atoms with E-state index >= 15 is 0 Å². The zero-order chi connectivity index (χ0) is 16.1. The maximum absolute atomic E-state index is 12.6. The normalized spacial score (nSPS) is 14.9. The molecule has 1 aliphatic rings. The number of amides is 1. The molecule has 1 aromatic carbocycles. The van der Waals surface area contributed by atoms with Crippen LogP contribution < -0.4 is 10.6 Å². The molecule has 2 aromatic rings. The van der Waals surface area contributed by atoms with Gasteiger partial charge in [-0.3, -0.25) is 4.79 Å². The first-order chi connectivity index (χ1) is 11.2. The van der Waals surface area contributed by atoms with E-state index < -0.39 is 0 Å². The van der Waals surface area contributed by atoms with Crippen molar-refractivity contribution >= 4 is 30.1 Å². The van der Waals surface area contributed by atoms with Crippen LogP contribution in [0.15, 0.2) is 33.7 Å². The third-order valence-electron chi connectivity index (χ3n) is 3.73. The number of carbonyl (C=O) groups is 1. The molecule has 1 fully saturated rings. The minimum absolute atomic E-state index is 0. The summed E-state index contributed by atoms with van der Waals surface area (Å²) in [6, 6.07) is 7.88. The summed E-state index contributed by atoms with van der Waals surface area (Å²) in [5, 5.41) is 10.2. The molecule has 2 N–H and O–H groups in total. The number of carbonyl (C=O) groups excluding carboxylic acids is 1. The Morgan fingerprint density at radius 3 is 2.83 bits per heavy atom. The number of aromatic nitrogens is 2. The first kappa shape index (κ1) is 18.8. The zero-order valence-electron chi connectivity index (χ0n) is 13.4. The molecule has 24 heavy (non-hydrogen) atoms. The van der Waals surface area contributed by atoms with Gasteiger partial charge in [0.05, 0.1) is 11.3 Å². The summed E-state index contributed by atoms with van der Waals surface area (Å²) in [5.41, 5.74) is 0.701. The maximum Gasteiger partial charge on any atom is 0.252 e. The van der Waals surface area contributed by atoms with E-state index in [1.54, 1.807) is 6.92 Å². The second-order valence-corrected chi connectivity index (χ2v) is 6.54. The Morgan fingerprint density at radius 1 is 1.38 bits per heavy atom. The van der Waals surface area contributed by atoms with Crippen LogP contribution in [0.5, 0.6) is 0 Å². The van der Waals surface area contributed by atoms with Gasteiger partial charge >= 0.3 is 0 Å². The molecule has 1 amide bonds. The number of aryl methyl sites for hydroxylation is 1. The van der Waals surface area contributed by atoms with Gasteiger partial charge in [-0.25, -0.2) is 0 Å². The summed E-state index contributed by atoms with van der Waals surface area (Å²) in [4.78, 5) is 17.7. The second-order valence-electron chi connectivity index (χ2n) is 5.52. The maximum atomic E-state index is 12.6. The Labute approximate surface area is 151 Å². The number of piperidine rings is 1. The van der Waals surface area contributed by atoms with Crippen molar-refractivity contribution in [1.82, 2.24) is 20.8 Å². The molecule has 0 unspecified atom stereocenters. The fourth-order valence-corrected chi connectivity index (χ4v) is 3.43. The van der Waals surface area contributed by atoms with Crippen LogP contribution in [0.4, 0.5) is 0 Å². The van der Waals surface area contributed by atoms with E-state index in [1.165, 1.54) is 11.8 Å². The van der Waals surface area contributed by atoms with Crippen molar-refractivity contribution < 1.29 is 9.32 Å². The zero-order valence-corrected chi connectivity index (χ0v) is 15.1. The molecular weight excluding hydrogens is 348 g/mol. The quantitative estimate of drug-likeness (QED) is 0.789. The standard InChI is InChI=1S/C16H20N4O2S.ClH/c1-11-18-15(22-20-11)10-23-14-5-3-2-4-13(14)16(21)19-12-6-8-17-9-7-12;/h2-5,12,17H,6-10H2,1H3,(H,19,21);1H. The first-order valence-corrected chi connectivity index (χ1v) is 8.73. The number of nitrogens with one attached hydrogen (secondary N) is 2. The van der Waals surface area contributed by atoms with Crippen molar-refractivity contribution in [2.45, 2.75) is 36.5 Å². The minimum atomic E-state index is -0.0123. The largest absolute Gasteiger partial charge is 0.349 e. The van der Waals surface area contributed by atoms with E-state index in [4.69, 9.17) is 4.52 Å². The summed E-state index contributed by atoms with van der Waals surface area (Å²) in [5.74, 6) is 1.73. The molecule has 8 heteroatoms. The Hall–Kier alpha value is -1.57. The molecule has 1 saturated heterocycles. The van der Waals surface area contributed by atoms with E-state index in [0.29, 0.717) is 23.0 Å². The van der Waals surface area contributed by atoms with Gasteiger partial charge in [0, 0.05) is 10.9 Å². The van der Waals surface area contributed by atoms with Crippen LogP contribution in [0.2, 0.25) is 0 Å². The lowest BCUT2D eigenvalue weighted by atomic mass is 10.1. The van der Waals surface area contributed by atoms with Gasteiger partial charge < -0.3 is 15.2 Å². The third-order valence-corrected chi connectivity index (χ3v) is 4.79. The molecule has 0 spiro atoms. The van der Waals surface area contributed by atoms with Crippen LogP contribution >= 0.6 is 24.2 Å². The Bertz CT molecular complexity index is 674. The molecule has 130 valence electrons. The van der Waals surface area contributed by atoms with Crippen LogP contribution in [-0.4, -0.2) is 35.2 Å². The molecule has 0 atom stereocenters. The van der Waals surface area contributed by atoms with Gasteiger partial charge in [0.1, 0.15) is 0 Å². The summed E-state index contributed by atoms with van der Waals surface area (Å²) >= 11 is 1.53. The summed E-state index contributed by atoms with van der Waals surface area (Å²) in [6.45, 7) is 3.70. The molecule has 0 bridgehead atoms. The van der Waals surface area contributed by atoms with Crippen molar-refractivity contribution in [2.24, 2.45) is 0 Å². The lowest BCUT2D eigenvalue weighted by molar-refractivity contribution is 0.0926. The second kappa shape index (κ2) is 9.05. The summed E-state index contributed by atoms with van der Waals surface area (Å²) < 4.78 is 5.12. The number of halogens is 1. The molecule has 1 aromatic heterocycles. The summed E-state index contributed by atoms with van der Waals surface area (Å²) in [6.07, 6.45) is 1.95. The van der Waals surface area contributed by atoms with Gasteiger partial charge in [-0.1, -0.05) is 17.3 Å². The van der Waals surface area contributed by atoms with Gasteiger partial charge in [-0.05, 0) is 45.0 Å². The van der Waals surface area contributed by atoms with Crippen LogP contribution in [0.3, 0.4) is 0 Å². The fraction of sp³-hybridized carbons (Fsp3) is 0.438. The number of hydrogen-bond acceptors (Lipinski definition) is 6. The molecular formula is C16H21ClN4O2S. The number of benzene rings is 1. The van der Waals surface area contributed by atoms with Crippen molar-refractivity contribution in [2.75, 3.05) is 13.1 Å². The van der Waals surface area contributed by atoms with Crippen LogP contribution in [0.25, 0.3) is 0 Å². The van der Waals surface area contributed by atoms with E-state index in [0.717, 1.165) is 30.8 Å². The third kappa shape index (κ3) is 4.96. The Morgan fingerprint density at radius 2 is 2.12 bits per heavy atom. The molecule has 0 saturated carbocycles. The predicted octanol–water partition coefficient (Wildman–Crippen LogP) is 2.57. The van der Waals surface area contributed by atoms with Gasteiger partial charge in [0.25, 0.3) is 5.91 Å². The SMILES string of the molecule is Cc1noc(CSc2ccccc2C(=O)NC2CCNCC2)n1.Cl. The van der Waals surface area contributed by atoms with Gasteiger partial charge in [-0.2, -0.15) is 4.98 Å². The highest BCUT2D eigenvalue weighted by molar-refractivity contribution is 7.98. The van der Waals surface area contributed by atoms with E-state index in [-0.39, 0.29) is 24.4 Å². The van der Waals surface area contributed by atoms with Crippen LogP contribution in [0.1, 0.15) is 34.9 Å². The Balaban J connectivity index is 0.00000208. The van der Waals surface area contributed by atoms with Crippen LogP contribution in [0, 0.1) is 6.92 Å². The highest BCUT2D eigenvalue weighted by atomic mass is 35.5. The number of thioether (sulfide) groups is 1. The molecule has 2 heterocycles. The average Bonchev–Trinajstić information content (AvgIpc) is 2.99. The van der Waals surface area contributed by atoms with Crippen molar-refractivity contribution in [3.8, 4) is 0 Å². The van der Waals surface area contributed by atoms with Crippen molar-refractivity contribution in [3.05, 3.63) is 41.5 Å². The fourth-order valence-electron chi connectivity index (χ4n) is 2.55. The highest BCUT2D eigenvalue weighted by Gasteiger charge is 2.18. The lowest BCUT2D eigenvalue weighted by Gasteiger charge is -2.24. The van der Waals surface area contributed by atoms with E-state index in [1.807, 2.05) is 24.3 Å². The van der Waals surface area contributed by atoms with E-state index in [9.17, 15) is 4.79 Å². The molecule has 3 rings (SSSR count). The monoisotopic (exact) mass is 368 g/mol. The smallest absolute Gasteiger partial charge is 0.252 e. The van der Waals surface area contributed by atoms with Crippen molar-refractivity contribution in [3.63, 3.8) is 0 Å². The van der Waals surface area contributed by atoms with Gasteiger partial charge in [-0.15, -0.1) is 24.2 Å². The molecule has 1 aliphatic heterocycles.